The standard InChI is InChI=1S/C19H18Cl2N2O2/c1-2-18(24)23-9-3-4-12-5-7-14(11-17(12)23)22-19(25)15-8-6-13(20)10-16(15)21/h5-8,10-11H,2-4,9H2,1H3,(H,22,25). The number of nitrogens with zero attached hydrogens (tertiary/aromatic N) is 1. The third kappa shape index (κ3) is 3.80. The van der Waals surface area contributed by atoms with Crippen LogP contribution in [0.5, 0.6) is 0 Å². The fourth-order valence-corrected chi connectivity index (χ4v) is 3.47. The van der Waals surface area contributed by atoms with Crippen LogP contribution in [0.15, 0.2) is 36.4 Å². The Morgan fingerprint density at radius 1 is 1.16 bits per heavy atom. The van der Waals surface area contributed by atoms with Crippen molar-refractivity contribution in [1.29, 1.82) is 0 Å². The molecule has 1 heterocycles. The first kappa shape index (κ1) is 17.8. The molecule has 0 aliphatic carbocycles. The summed E-state index contributed by atoms with van der Waals surface area (Å²) < 4.78 is 0. The first-order chi connectivity index (χ1) is 12.0. The lowest BCUT2D eigenvalue weighted by atomic mass is 10.0. The Morgan fingerprint density at radius 2 is 1.96 bits per heavy atom. The van der Waals surface area contributed by atoms with Crippen LogP contribution in [0.1, 0.15) is 35.7 Å². The second-order valence-corrected chi connectivity index (χ2v) is 6.77. The summed E-state index contributed by atoms with van der Waals surface area (Å²) in [5.74, 6) is -0.226. The van der Waals surface area contributed by atoms with Crippen LogP contribution in [0.3, 0.4) is 0 Å². The zero-order valence-corrected chi connectivity index (χ0v) is 15.3. The third-order valence-electron chi connectivity index (χ3n) is 4.24. The molecule has 1 aliphatic rings. The number of nitrogens with one attached hydrogen (secondary N) is 1. The number of aryl methyl sites for hydroxylation is 1. The largest absolute Gasteiger partial charge is 0.322 e. The van der Waals surface area contributed by atoms with Crippen molar-refractivity contribution in [2.75, 3.05) is 16.8 Å². The third-order valence-corrected chi connectivity index (χ3v) is 4.79. The number of fused-ring (bicyclic) bond motifs is 1. The molecule has 2 aromatic rings. The molecule has 0 atom stereocenters. The minimum absolute atomic E-state index is 0.0881. The summed E-state index contributed by atoms with van der Waals surface area (Å²) in [6, 6.07) is 10.4. The minimum atomic E-state index is -0.314. The molecule has 3 rings (SSSR count). The van der Waals surface area contributed by atoms with Gasteiger partial charge in [-0.3, -0.25) is 9.59 Å². The molecular formula is C19H18Cl2N2O2. The molecule has 130 valence electrons. The molecule has 1 aliphatic heterocycles. The van der Waals surface area contributed by atoms with Crippen molar-refractivity contribution < 1.29 is 9.59 Å². The van der Waals surface area contributed by atoms with E-state index in [9.17, 15) is 9.59 Å². The maximum absolute atomic E-state index is 12.5. The molecule has 0 spiro atoms. The molecule has 2 amide bonds. The van der Waals surface area contributed by atoms with Crippen molar-refractivity contribution in [3.8, 4) is 0 Å². The van der Waals surface area contributed by atoms with Crippen LogP contribution in [0.4, 0.5) is 11.4 Å². The van der Waals surface area contributed by atoms with Crippen LogP contribution in [0.25, 0.3) is 0 Å². The average molecular weight is 377 g/mol. The zero-order valence-electron chi connectivity index (χ0n) is 13.8. The summed E-state index contributed by atoms with van der Waals surface area (Å²) in [6.45, 7) is 2.56. The van der Waals surface area contributed by atoms with Gasteiger partial charge in [0.2, 0.25) is 5.91 Å². The Balaban J connectivity index is 1.86. The van der Waals surface area contributed by atoms with Crippen molar-refractivity contribution in [3.05, 3.63) is 57.6 Å². The highest BCUT2D eigenvalue weighted by molar-refractivity contribution is 6.37. The van der Waals surface area contributed by atoms with Gasteiger partial charge in [0, 0.05) is 29.4 Å². The molecule has 0 saturated carbocycles. The zero-order chi connectivity index (χ0) is 18.0. The summed E-state index contributed by atoms with van der Waals surface area (Å²) in [4.78, 5) is 26.4. The molecule has 0 fully saturated rings. The normalized spacial score (nSPS) is 13.3. The summed E-state index contributed by atoms with van der Waals surface area (Å²) in [5.41, 5.74) is 2.98. The Morgan fingerprint density at radius 3 is 2.68 bits per heavy atom. The van der Waals surface area contributed by atoms with Crippen molar-refractivity contribution in [3.63, 3.8) is 0 Å². The van der Waals surface area contributed by atoms with Gasteiger partial charge in [0.05, 0.1) is 10.6 Å². The van der Waals surface area contributed by atoms with Crippen LogP contribution >= 0.6 is 23.2 Å². The van der Waals surface area contributed by atoms with Gasteiger partial charge in [0.15, 0.2) is 0 Å². The van der Waals surface area contributed by atoms with Gasteiger partial charge in [-0.15, -0.1) is 0 Å². The van der Waals surface area contributed by atoms with E-state index in [0.717, 1.165) is 24.1 Å². The highest BCUT2D eigenvalue weighted by Crippen LogP contribution is 2.31. The molecular weight excluding hydrogens is 359 g/mol. The monoisotopic (exact) mass is 376 g/mol. The fourth-order valence-electron chi connectivity index (χ4n) is 2.97. The van der Waals surface area contributed by atoms with E-state index in [1.807, 2.05) is 25.1 Å². The predicted molar refractivity (Wildman–Crippen MR) is 102 cm³/mol. The quantitative estimate of drug-likeness (QED) is 0.824. The molecule has 0 radical (unpaired) electrons. The van der Waals surface area contributed by atoms with Gasteiger partial charge in [0.25, 0.3) is 5.91 Å². The van der Waals surface area contributed by atoms with Crippen molar-refractivity contribution >= 4 is 46.4 Å². The molecule has 0 aromatic heterocycles. The molecule has 0 unspecified atom stereocenters. The van der Waals surface area contributed by atoms with Gasteiger partial charge in [-0.25, -0.2) is 0 Å². The molecule has 0 bridgehead atoms. The maximum atomic E-state index is 12.5. The van der Waals surface area contributed by atoms with Gasteiger partial charge < -0.3 is 10.2 Å². The molecule has 25 heavy (non-hydrogen) atoms. The van der Waals surface area contributed by atoms with Gasteiger partial charge in [-0.2, -0.15) is 0 Å². The van der Waals surface area contributed by atoms with Crippen LogP contribution in [-0.4, -0.2) is 18.4 Å². The highest BCUT2D eigenvalue weighted by atomic mass is 35.5. The molecule has 6 heteroatoms. The Hall–Kier alpha value is -2.04. The number of benzene rings is 2. The lowest BCUT2D eigenvalue weighted by Gasteiger charge is -2.29. The Labute approximate surface area is 156 Å². The van der Waals surface area contributed by atoms with E-state index >= 15 is 0 Å². The van der Waals surface area contributed by atoms with E-state index < -0.39 is 0 Å². The summed E-state index contributed by atoms with van der Waals surface area (Å²) in [5, 5.41) is 3.61. The fraction of sp³-hybridized carbons (Fsp3) is 0.263. The van der Waals surface area contributed by atoms with E-state index in [0.29, 0.717) is 34.3 Å². The van der Waals surface area contributed by atoms with E-state index in [2.05, 4.69) is 5.32 Å². The number of rotatable bonds is 3. The van der Waals surface area contributed by atoms with Crippen LogP contribution < -0.4 is 10.2 Å². The summed E-state index contributed by atoms with van der Waals surface area (Å²) >= 11 is 12.0. The van der Waals surface area contributed by atoms with E-state index in [4.69, 9.17) is 23.2 Å². The van der Waals surface area contributed by atoms with E-state index in [-0.39, 0.29) is 11.8 Å². The molecule has 4 nitrogen and oxygen atoms in total. The first-order valence-electron chi connectivity index (χ1n) is 8.19. The summed E-state index contributed by atoms with van der Waals surface area (Å²) in [6.07, 6.45) is 2.33. The number of anilines is 2. The number of carbonyl (C=O) groups excluding carboxylic acids is 2. The number of halogens is 2. The van der Waals surface area contributed by atoms with Crippen LogP contribution in [0, 0.1) is 0 Å². The van der Waals surface area contributed by atoms with E-state index in [1.54, 1.807) is 17.0 Å². The molecule has 0 saturated heterocycles. The number of hydrogen-bond donors (Lipinski definition) is 1. The van der Waals surface area contributed by atoms with Crippen molar-refractivity contribution in [2.45, 2.75) is 26.2 Å². The number of hydrogen-bond acceptors (Lipinski definition) is 2. The maximum Gasteiger partial charge on any atom is 0.257 e. The second-order valence-electron chi connectivity index (χ2n) is 5.92. The van der Waals surface area contributed by atoms with Gasteiger partial charge in [0.1, 0.15) is 0 Å². The predicted octanol–water partition coefficient (Wildman–Crippen LogP) is 4.93. The summed E-state index contributed by atoms with van der Waals surface area (Å²) in [7, 11) is 0. The highest BCUT2D eigenvalue weighted by Gasteiger charge is 2.22. The first-order valence-corrected chi connectivity index (χ1v) is 8.95. The molecule has 2 aromatic carbocycles. The van der Waals surface area contributed by atoms with Crippen molar-refractivity contribution in [1.82, 2.24) is 0 Å². The average Bonchev–Trinajstić information content (AvgIpc) is 2.60. The van der Waals surface area contributed by atoms with Crippen LogP contribution in [0.2, 0.25) is 10.0 Å². The minimum Gasteiger partial charge on any atom is -0.322 e. The van der Waals surface area contributed by atoms with Gasteiger partial charge in [-0.05, 0) is 48.7 Å². The second kappa shape index (κ2) is 7.46. The smallest absolute Gasteiger partial charge is 0.257 e. The van der Waals surface area contributed by atoms with Crippen molar-refractivity contribution in [2.24, 2.45) is 0 Å². The van der Waals surface area contributed by atoms with Gasteiger partial charge in [-0.1, -0.05) is 36.2 Å². The molecule has 1 N–H and O–H groups in total. The van der Waals surface area contributed by atoms with Crippen LogP contribution in [-0.2, 0) is 11.2 Å². The lowest BCUT2D eigenvalue weighted by molar-refractivity contribution is -0.118. The number of carbonyl (C=O) groups is 2. The van der Waals surface area contributed by atoms with E-state index in [1.165, 1.54) is 6.07 Å². The number of amides is 2. The lowest BCUT2D eigenvalue weighted by Crippen LogP contribution is -2.35. The SMILES string of the molecule is CCC(=O)N1CCCc2ccc(NC(=O)c3ccc(Cl)cc3Cl)cc21. The Kier molecular flexibility index (Phi) is 5.30. The van der Waals surface area contributed by atoms with Gasteiger partial charge >= 0.3 is 0 Å². The topological polar surface area (TPSA) is 49.4 Å². The Bertz CT molecular complexity index is 836.